The molecule has 3 heteroatoms. The van der Waals surface area contributed by atoms with E-state index in [1.807, 2.05) is 6.92 Å². The minimum absolute atomic E-state index is 0.704. The van der Waals surface area contributed by atoms with Crippen LogP contribution in [0, 0.1) is 0 Å². The Balaban J connectivity index is 1.87. The van der Waals surface area contributed by atoms with E-state index in [0.717, 1.165) is 18.8 Å². The van der Waals surface area contributed by atoms with Gasteiger partial charge in [-0.2, -0.15) is 0 Å². The molecule has 0 fully saturated rings. The number of fused-ring (bicyclic) bond motifs is 1. The highest BCUT2D eigenvalue weighted by Gasteiger charge is 2.09. The van der Waals surface area contributed by atoms with E-state index in [4.69, 9.17) is 4.74 Å². The molecular formula is C24H38N2O. The van der Waals surface area contributed by atoms with Crippen LogP contribution in [0.25, 0.3) is 10.8 Å². The quantitative estimate of drug-likeness (QED) is 0.437. The molecule has 27 heavy (non-hydrogen) atoms. The zero-order valence-electron chi connectivity index (χ0n) is 17.6. The molecule has 150 valence electrons. The van der Waals surface area contributed by atoms with Crippen LogP contribution in [-0.4, -0.2) is 37.7 Å². The summed E-state index contributed by atoms with van der Waals surface area (Å²) in [6.45, 7) is 12.9. The Kier molecular flexibility index (Phi) is 10.3. The number of nitrogens with zero attached hydrogens (tertiary/aromatic N) is 1. The fourth-order valence-electron chi connectivity index (χ4n) is 3.53. The first-order valence-corrected chi connectivity index (χ1v) is 10.9. The summed E-state index contributed by atoms with van der Waals surface area (Å²) in [6, 6.07) is 12.9. The summed E-state index contributed by atoms with van der Waals surface area (Å²) < 4.78 is 5.88. The van der Waals surface area contributed by atoms with E-state index in [1.54, 1.807) is 0 Å². The van der Waals surface area contributed by atoms with Crippen LogP contribution in [0.1, 0.15) is 58.4 Å². The van der Waals surface area contributed by atoms with Gasteiger partial charge in [-0.25, -0.2) is 0 Å². The molecule has 0 atom stereocenters. The van der Waals surface area contributed by atoms with Crippen molar-refractivity contribution in [3.63, 3.8) is 0 Å². The Labute approximate surface area is 166 Å². The first kappa shape index (κ1) is 21.7. The highest BCUT2D eigenvalue weighted by atomic mass is 16.5. The molecule has 0 aliphatic rings. The molecule has 0 unspecified atom stereocenters. The Morgan fingerprint density at radius 1 is 0.852 bits per heavy atom. The van der Waals surface area contributed by atoms with Crippen molar-refractivity contribution in [1.29, 1.82) is 0 Å². The molecule has 0 heterocycles. The number of unbranched alkanes of at least 4 members (excludes halogenated alkanes) is 2. The second-order valence-corrected chi connectivity index (χ2v) is 7.28. The highest BCUT2D eigenvalue weighted by molar-refractivity contribution is 5.87. The summed E-state index contributed by atoms with van der Waals surface area (Å²) in [5.74, 6) is 1.01. The number of hydrogen-bond acceptors (Lipinski definition) is 3. The first-order valence-electron chi connectivity index (χ1n) is 10.9. The summed E-state index contributed by atoms with van der Waals surface area (Å²) in [5.41, 5.74) is 1.28. The molecule has 0 amide bonds. The van der Waals surface area contributed by atoms with Gasteiger partial charge in [-0.1, -0.05) is 57.0 Å². The Bertz CT molecular complexity index is 648. The van der Waals surface area contributed by atoms with Crippen LogP contribution in [0.5, 0.6) is 5.75 Å². The van der Waals surface area contributed by atoms with Gasteiger partial charge in [-0.15, -0.1) is 0 Å². The smallest absolute Gasteiger partial charge is 0.124 e. The third kappa shape index (κ3) is 7.15. The molecule has 3 nitrogen and oxygen atoms in total. The molecule has 0 saturated carbocycles. The zero-order valence-corrected chi connectivity index (χ0v) is 17.6. The van der Waals surface area contributed by atoms with E-state index in [-0.39, 0.29) is 0 Å². The average molecular weight is 371 g/mol. The fraction of sp³-hybridized carbons (Fsp3) is 0.583. The van der Waals surface area contributed by atoms with Gasteiger partial charge in [-0.3, -0.25) is 0 Å². The molecule has 2 rings (SSSR count). The van der Waals surface area contributed by atoms with Gasteiger partial charge >= 0.3 is 0 Å². The number of rotatable bonds is 14. The van der Waals surface area contributed by atoms with Crippen molar-refractivity contribution < 1.29 is 4.74 Å². The van der Waals surface area contributed by atoms with Gasteiger partial charge in [0.05, 0.1) is 6.61 Å². The van der Waals surface area contributed by atoms with Gasteiger partial charge in [0.25, 0.3) is 0 Å². The molecule has 1 N–H and O–H groups in total. The van der Waals surface area contributed by atoms with Gasteiger partial charge in [0.2, 0.25) is 0 Å². The molecule has 0 radical (unpaired) electrons. The zero-order chi connectivity index (χ0) is 19.3. The number of ether oxygens (including phenoxy) is 1. The molecular weight excluding hydrogens is 332 g/mol. The van der Waals surface area contributed by atoms with Crippen LogP contribution in [0.4, 0.5) is 0 Å². The summed E-state index contributed by atoms with van der Waals surface area (Å²) in [6.07, 6.45) is 6.38. The lowest BCUT2D eigenvalue weighted by molar-refractivity contribution is 0.261. The standard InChI is InChI=1S/C24H38N2O/c1-4-7-17-26(18-8-5-2)19-11-16-25-20-23-22-13-10-9-12-21(22)14-15-24(23)27-6-3/h9-10,12-15,25H,4-8,11,16-20H2,1-3H3. The summed E-state index contributed by atoms with van der Waals surface area (Å²) in [7, 11) is 0. The number of benzene rings is 2. The second-order valence-electron chi connectivity index (χ2n) is 7.28. The summed E-state index contributed by atoms with van der Waals surface area (Å²) in [5, 5.41) is 6.23. The van der Waals surface area contributed by atoms with Gasteiger partial charge in [-0.05, 0) is 69.2 Å². The summed E-state index contributed by atoms with van der Waals surface area (Å²) in [4.78, 5) is 2.64. The van der Waals surface area contributed by atoms with Gasteiger partial charge in [0.15, 0.2) is 0 Å². The van der Waals surface area contributed by atoms with E-state index in [1.165, 1.54) is 68.1 Å². The number of nitrogens with one attached hydrogen (secondary N) is 1. The first-order chi connectivity index (χ1) is 13.3. The molecule has 2 aromatic rings. The van der Waals surface area contributed by atoms with Gasteiger partial charge < -0.3 is 15.0 Å². The van der Waals surface area contributed by atoms with E-state index in [0.29, 0.717) is 6.61 Å². The molecule has 0 aliphatic carbocycles. The van der Waals surface area contributed by atoms with Crippen LogP contribution in [-0.2, 0) is 6.54 Å². The van der Waals surface area contributed by atoms with Crippen molar-refractivity contribution in [2.45, 2.75) is 59.4 Å². The summed E-state index contributed by atoms with van der Waals surface area (Å²) >= 11 is 0. The van der Waals surface area contributed by atoms with Crippen LogP contribution >= 0.6 is 0 Å². The lowest BCUT2D eigenvalue weighted by Gasteiger charge is -2.22. The number of hydrogen-bond donors (Lipinski definition) is 1. The van der Waals surface area contributed by atoms with Crippen molar-refractivity contribution in [2.24, 2.45) is 0 Å². The van der Waals surface area contributed by atoms with Gasteiger partial charge in [0.1, 0.15) is 5.75 Å². The molecule has 0 saturated heterocycles. The predicted octanol–water partition coefficient (Wildman–Crippen LogP) is 5.62. The average Bonchev–Trinajstić information content (AvgIpc) is 2.70. The topological polar surface area (TPSA) is 24.5 Å². The van der Waals surface area contributed by atoms with E-state index < -0.39 is 0 Å². The van der Waals surface area contributed by atoms with Crippen molar-refractivity contribution >= 4 is 10.8 Å². The molecule has 0 bridgehead atoms. The van der Waals surface area contributed by atoms with Crippen LogP contribution in [0.3, 0.4) is 0 Å². The lowest BCUT2D eigenvalue weighted by atomic mass is 10.0. The maximum atomic E-state index is 5.88. The second kappa shape index (κ2) is 12.7. The minimum Gasteiger partial charge on any atom is -0.494 e. The van der Waals surface area contributed by atoms with Crippen LogP contribution in [0.2, 0.25) is 0 Å². The monoisotopic (exact) mass is 370 g/mol. The minimum atomic E-state index is 0.704. The molecule has 0 aromatic heterocycles. The largest absolute Gasteiger partial charge is 0.494 e. The van der Waals surface area contributed by atoms with Gasteiger partial charge in [0, 0.05) is 12.1 Å². The normalized spacial score (nSPS) is 11.4. The maximum Gasteiger partial charge on any atom is 0.124 e. The third-order valence-corrected chi connectivity index (χ3v) is 5.08. The Morgan fingerprint density at radius 3 is 2.26 bits per heavy atom. The Morgan fingerprint density at radius 2 is 1.56 bits per heavy atom. The lowest BCUT2D eigenvalue weighted by Crippen LogP contribution is -2.29. The molecule has 2 aromatic carbocycles. The van der Waals surface area contributed by atoms with Crippen molar-refractivity contribution in [1.82, 2.24) is 10.2 Å². The van der Waals surface area contributed by atoms with E-state index in [2.05, 4.69) is 60.5 Å². The van der Waals surface area contributed by atoms with E-state index >= 15 is 0 Å². The molecule has 0 aliphatic heterocycles. The third-order valence-electron chi connectivity index (χ3n) is 5.08. The fourth-order valence-corrected chi connectivity index (χ4v) is 3.53. The van der Waals surface area contributed by atoms with Crippen LogP contribution in [0.15, 0.2) is 36.4 Å². The van der Waals surface area contributed by atoms with Crippen molar-refractivity contribution in [3.8, 4) is 5.75 Å². The maximum absolute atomic E-state index is 5.88. The predicted molar refractivity (Wildman–Crippen MR) is 118 cm³/mol. The molecule has 0 spiro atoms. The van der Waals surface area contributed by atoms with Crippen LogP contribution < -0.4 is 10.1 Å². The van der Waals surface area contributed by atoms with Crippen molar-refractivity contribution in [2.75, 3.05) is 32.8 Å². The SMILES string of the molecule is CCCCN(CCCC)CCCNCc1c(OCC)ccc2ccccc12. The highest BCUT2D eigenvalue weighted by Crippen LogP contribution is 2.28. The van der Waals surface area contributed by atoms with E-state index in [9.17, 15) is 0 Å². The Hall–Kier alpha value is -1.58. The van der Waals surface area contributed by atoms with Crippen molar-refractivity contribution in [3.05, 3.63) is 42.0 Å².